The van der Waals surface area contributed by atoms with Gasteiger partial charge < -0.3 is 18.9 Å². The Kier molecular flexibility index (Phi) is 7.88. The molecule has 7 nitrogen and oxygen atoms in total. The first-order valence-electron chi connectivity index (χ1n) is 12.7. The summed E-state index contributed by atoms with van der Waals surface area (Å²) in [4.78, 5) is 9.07. The topological polar surface area (TPSA) is 56.3 Å². The first kappa shape index (κ1) is 24.4. The Morgan fingerprint density at radius 1 is 0.917 bits per heavy atom. The zero-order valence-corrected chi connectivity index (χ0v) is 21.2. The molecule has 1 aromatic heterocycles. The van der Waals surface area contributed by atoms with E-state index in [0.717, 1.165) is 80.7 Å². The van der Waals surface area contributed by atoms with Gasteiger partial charge in [-0.25, -0.2) is 0 Å². The Balaban J connectivity index is 1.20. The summed E-state index contributed by atoms with van der Waals surface area (Å²) in [6.45, 7) is 6.14. The molecule has 0 spiro atoms. The van der Waals surface area contributed by atoms with Gasteiger partial charge in [0.05, 0.1) is 20.4 Å². The number of nitrogens with zero attached hydrogens (tertiary/aromatic N) is 3. The van der Waals surface area contributed by atoms with Gasteiger partial charge in [-0.15, -0.1) is 0 Å². The van der Waals surface area contributed by atoms with E-state index in [1.165, 1.54) is 11.1 Å². The van der Waals surface area contributed by atoms with Crippen molar-refractivity contribution in [3.63, 3.8) is 0 Å². The van der Waals surface area contributed by atoms with Gasteiger partial charge in [-0.05, 0) is 60.9 Å². The summed E-state index contributed by atoms with van der Waals surface area (Å²) in [6.07, 6.45) is 5.87. The van der Waals surface area contributed by atoms with Crippen LogP contribution in [0.2, 0.25) is 0 Å². The van der Waals surface area contributed by atoms with Crippen LogP contribution in [0.1, 0.15) is 29.5 Å². The van der Waals surface area contributed by atoms with Gasteiger partial charge in [0.25, 0.3) is 0 Å². The number of pyridine rings is 1. The normalized spacial score (nSPS) is 17.1. The number of likely N-dealkylation sites (tertiary alicyclic amines) is 1. The van der Waals surface area contributed by atoms with Crippen molar-refractivity contribution in [3.05, 3.63) is 77.6 Å². The van der Waals surface area contributed by atoms with Crippen molar-refractivity contribution < 1.29 is 18.9 Å². The molecule has 7 heteroatoms. The SMILES string of the molecule is COc1ccc(OC)c(CN2CCOc3ccc(CN4CCC(Oc5cccnc5)CC4)cc3C2)c1. The molecule has 0 bridgehead atoms. The highest BCUT2D eigenvalue weighted by Crippen LogP contribution is 2.29. The van der Waals surface area contributed by atoms with Gasteiger partial charge in [-0.1, -0.05) is 6.07 Å². The van der Waals surface area contributed by atoms with E-state index < -0.39 is 0 Å². The summed E-state index contributed by atoms with van der Waals surface area (Å²) >= 11 is 0. The molecular formula is C29H35N3O4. The fourth-order valence-corrected chi connectivity index (χ4v) is 5.03. The highest BCUT2D eigenvalue weighted by molar-refractivity contribution is 5.41. The quantitative estimate of drug-likeness (QED) is 0.461. The van der Waals surface area contributed by atoms with E-state index in [4.69, 9.17) is 18.9 Å². The minimum atomic E-state index is 0.257. The minimum absolute atomic E-state index is 0.257. The van der Waals surface area contributed by atoms with Crippen LogP contribution in [0, 0.1) is 0 Å². The smallest absolute Gasteiger partial charge is 0.137 e. The van der Waals surface area contributed by atoms with Crippen molar-refractivity contribution >= 4 is 0 Å². The summed E-state index contributed by atoms with van der Waals surface area (Å²) in [6, 6.07) is 16.5. The molecule has 0 radical (unpaired) electrons. The molecule has 3 heterocycles. The van der Waals surface area contributed by atoms with Crippen LogP contribution in [0.3, 0.4) is 0 Å². The van der Waals surface area contributed by atoms with Crippen LogP contribution in [-0.4, -0.2) is 61.3 Å². The summed E-state index contributed by atoms with van der Waals surface area (Å²) in [5.41, 5.74) is 3.68. The Morgan fingerprint density at radius 3 is 2.58 bits per heavy atom. The maximum absolute atomic E-state index is 6.11. The van der Waals surface area contributed by atoms with Gasteiger partial charge in [0, 0.05) is 56.6 Å². The van der Waals surface area contributed by atoms with E-state index in [2.05, 4.69) is 39.0 Å². The van der Waals surface area contributed by atoms with Crippen molar-refractivity contribution in [2.24, 2.45) is 0 Å². The second-order valence-electron chi connectivity index (χ2n) is 9.46. The van der Waals surface area contributed by atoms with E-state index in [9.17, 15) is 0 Å². The number of piperidine rings is 1. The number of ether oxygens (including phenoxy) is 4. The molecule has 3 aromatic rings. The van der Waals surface area contributed by atoms with Crippen molar-refractivity contribution in [2.75, 3.05) is 40.5 Å². The maximum Gasteiger partial charge on any atom is 0.137 e. The largest absolute Gasteiger partial charge is 0.497 e. The average Bonchev–Trinajstić information content (AvgIpc) is 3.11. The Morgan fingerprint density at radius 2 is 1.81 bits per heavy atom. The van der Waals surface area contributed by atoms with E-state index in [0.29, 0.717) is 6.61 Å². The van der Waals surface area contributed by atoms with Crippen LogP contribution in [0.5, 0.6) is 23.0 Å². The molecule has 36 heavy (non-hydrogen) atoms. The van der Waals surface area contributed by atoms with Crippen LogP contribution in [0.15, 0.2) is 60.9 Å². The Labute approximate surface area is 213 Å². The van der Waals surface area contributed by atoms with Crippen molar-refractivity contribution in [1.29, 1.82) is 0 Å². The summed E-state index contributed by atoms with van der Waals surface area (Å²) in [7, 11) is 3.41. The van der Waals surface area contributed by atoms with Gasteiger partial charge in [-0.2, -0.15) is 0 Å². The van der Waals surface area contributed by atoms with Crippen molar-refractivity contribution in [2.45, 2.75) is 38.6 Å². The maximum atomic E-state index is 6.11. The molecule has 0 atom stereocenters. The predicted octanol–water partition coefficient (Wildman–Crippen LogP) is 4.54. The van der Waals surface area contributed by atoms with E-state index in [-0.39, 0.29) is 6.10 Å². The third-order valence-electron chi connectivity index (χ3n) is 6.94. The fourth-order valence-electron chi connectivity index (χ4n) is 5.03. The molecule has 5 rings (SSSR count). The van der Waals surface area contributed by atoms with Crippen LogP contribution >= 0.6 is 0 Å². The van der Waals surface area contributed by atoms with Crippen LogP contribution < -0.4 is 18.9 Å². The molecule has 0 saturated carbocycles. The van der Waals surface area contributed by atoms with Gasteiger partial charge in [0.1, 0.15) is 35.7 Å². The van der Waals surface area contributed by atoms with Gasteiger partial charge in [0.2, 0.25) is 0 Å². The Hall–Kier alpha value is -3.29. The molecule has 0 amide bonds. The lowest BCUT2D eigenvalue weighted by atomic mass is 10.0. The predicted molar refractivity (Wildman–Crippen MR) is 139 cm³/mol. The highest BCUT2D eigenvalue weighted by atomic mass is 16.5. The van der Waals surface area contributed by atoms with E-state index in [1.54, 1.807) is 26.6 Å². The number of fused-ring (bicyclic) bond motifs is 1. The second kappa shape index (κ2) is 11.6. The lowest BCUT2D eigenvalue weighted by molar-refractivity contribution is 0.0965. The molecule has 1 saturated heterocycles. The third-order valence-corrected chi connectivity index (χ3v) is 6.94. The lowest BCUT2D eigenvalue weighted by Gasteiger charge is -2.32. The summed E-state index contributed by atoms with van der Waals surface area (Å²) < 4.78 is 23.2. The minimum Gasteiger partial charge on any atom is -0.497 e. The fraction of sp³-hybridized carbons (Fsp3) is 0.414. The zero-order chi connectivity index (χ0) is 24.7. The Bertz CT molecular complexity index is 1130. The van der Waals surface area contributed by atoms with E-state index >= 15 is 0 Å². The van der Waals surface area contributed by atoms with Crippen LogP contribution in [0.25, 0.3) is 0 Å². The highest BCUT2D eigenvalue weighted by Gasteiger charge is 2.22. The molecular weight excluding hydrogens is 454 g/mol. The van der Waals surface area contributed by atoms with Crippen molar-refractivity contribution in [3.8, 4) is 23.0 Å². The number of hydrogen-bond donors (Lipinski definition) is 0. The van der Waals surface area contributed by atoms with Crippen LogP contribution in [0.4, 0.5) is 0 Å². The van der Waals surface area contributed by atoms with Gasteiger partial charge in [-0.3, -0.25) is 14.8 Å². The molecule has 2 aliphatic heterocycles. The van der Waals surface area contributed by atoms with Gasteiger partial charge in [0.15, 0.2) is 0 Å². The third kappa shape index (κ3) is 6.09. The number of hydrogen-bond acceptors (Lipinski definition) is 7. The first-order valence-corrected chi connectivity index (χ1v) is 12.7. The van der Waals surface area contributed by atoms with E-state index in [1.807, 2.05) is 24.3 Å². The summed E-state index contributed by atoms with van der Waals surface area (Å²) in [5.74, 6) is 3.57. The molecule has 2 aliphatic rings. The number of aromatic nitrogens is 1. The van der Waals surface area contributed by atoms with Crippen LogP contribution in [-0.2, 0) is 19.6 Å². The molecule has 0 N–H and O–H groups in total. The summed E-state index contributed by atoms with van der Waals surface area (Å²) in [5, 5.41) is 0. The standard InChI is InChI=1S/C29H35N3O4/c1-33-26-6-8-28(34-2)24(17-26)21-32-14-15-35-29-7-5-22(16-23(29)20-32)19-31-12-9-25(10-13-31)36-27-4-3-11-30-18-27/h3-8,11,16-18,25H,9-10,12-15,19-21H2,1-2H3. The number of methoxy groups -OCH3 is 2. The molecule has 2 aromatic carbocycles. The molecule has 1 fully saturated rings. The number of rotatable bonds is 8. The molecule has 190 valence electrons. The lowest BCUT2D eigenvalue weighted by Crippen LogP contribution is -2.37. The molecule has 0 aliphatic carbocycles. The molecule has 0 unspecified atom stereocenters. The first-order chi connectivity index (χ1) is 17.7. The second-order valence-corrected chi connectivity index (χ2v) is 9.46. The zero-order valence-electron chi connectivity index (χ0n) is 21.2. The average molecular weight is 490 g/mol. The monoisotopic (exact) mass is 489 g/mol. The van der Waals surface area contributed by atoms with Gasteiger partial charge >= 0.3 is 0 Å². The van der Waals surface area contributed by atoms with Crippen molar-refractivity contribution in [1.82, 2.24) is 14.8 Å². The number of benzene rings is 2.